The number of phenols is 1. The van der Waals surface area contributed by atoms with Crippen molar-refractivity contribution in [1.29, 1.82) is 0 Å². The lowest BCUT2D eigenvalue weighted by atomic mass is 10.2. The molecular weight excluding hydrogens is 308 g/mol. The smallest absolute Gasteiger partial charge is 0.221 e. The fourth-order valence-corrected chi connectivity index (χ4v) is 2.53. The lowest BCUT2D eigenvalue weighted by Crippen LogP contribution is -1.98. The summed E-state index contributed by atoms with van der Waals surface area (Å²) in [5.41, 5.74) is 3.01. The van der Waals surface area contributed by atoms with Crippen molar-refractivity contribution in [3.05, 3.63) is 33.4 Å². The molecule has 4 nitrogen and oxygen atoms in total. The van der Waals surface area contributed by atoms with Crippen LogP contribution in [0.4, 0.5) is 0 Å². The third-order valence-electron chi connectivity index (χ3n) is 3.09. The predicted molar refractivity (Wildman–Crippen MR) is 77.9 cm³/mol. The van der Waals surface area contributed by atoms with E-state index in [0.717, 1.165) is 29.1 Å². The summed E-state index contributed by atoms with van der Waals surface area (Å²) in [5, 5.41) is 14.1. The summed E-state index contributed by atoms with van der Waals surface area (Å²) in [7, 11) is 1.86. The van der Waals surface area contributed by atoms with Gasteiger partial charge in [-0.2, -0.15) is 5.10 Å². The number of rotatable bonds is 3. The normalized spacial score (nSPS) is 10.8. The molecule has 1 aromatic heterocycles. The van der Waals surface area contributed by atoms with Crippen LogP contribution < -0.4 is 4.74 Å². The zero-order valence-electron chi connectivity index (χ0n) is 11.5. The highest BCUT2D eigenvalue weighted by Crippen LogP contribution is 2.35. The van der Waals surface area contributed by atoms with Crippen molar-refractivity contribution in [1.82, 2.24) is 9.78 Å². The molecule has 0 unspecified atom stereocenters. The van der Waals surface area contributed by atoms with Crippen molar-refractivity contribution in [2.45, 2.75) is 27.2 Å². The molecular formula is C14H17BrN2O2. The molecule has 0 bridgehead atoms. The zero-order chi connectivity index (χ0) is 14.2. The van der Waals surface area contributed by atoms with Gasteiger partial charge in [0, 0.05) is 18.7 Å². The van der Waals surface area contributed by atoms with Crippen molar-refractivity contribution in [2.24, 2.45) is 7.05 Å². The SMILES string of the molecule is CCc1c(C)nn(C)c1Oc1cc(O)c(Br)cc1C. The van der Waals surface area contributed by atoms with Crippen molar-refractivity contribution in [3.8, 4) is 17.4 Å². The van der Waals surface area contributed by atoms with E-state index in [1.165, 1.54) is 0 Å². The van der Waals surface area contributed by atoms with Gasteiger partial charge in [-0.15, -0.1) is 0 Å². The largest absolute Gasteiger partial charge is 0.507 e. The highest BCUT2D eigenvalue weighted by atomic mass is 79.9. The van der Waals surface area contributed by atoms with Crippen LogP contribution in [0, 0.1) is 13.8 Å². The van der Waals surface area contributed by atoms with Crippen molar-refractivity contribution in [3.63, 3.8) is 0 Å². The van der Waals surface area contributed by atoms with Gasteiger partial charge in [0.2, 0.25) is 5.88 Å². The summed E-state index contributed by atoms with van der Waals surface area (Å²) in [6.07, 6.45) is 0.858. The number of hydrogen-bond acceptors (Lipinski definition) is 3. The zero-order valence-corrected chi connectivity index (χ0v) is 13.1. The standard InChI is InChI=1S/C14H17BrN2O2/c1-5-10-9(3)16-17(4)14(10)19-13-7-12(18)11(15)6-8(13)2/h6-7,18H,5H2,1-4H3. The average Bonchev–Trinajstić information content (AvgIpc) is 2.60. The van der Waals surface area contributed by atoms with Crippen LogP contribution in [-0.2, 0) is 13.5 Å². The van der Waals surface area contributed by atoms with E-state index in [2.05, 4.69) is 28.0 Å². The maximum absolute atomic E-state index is 9.75. The highest BCUT2D eigenvalue weighted by molar-refractivity contribution is 9.10. The van der Waals surface area contributed by atoms with E-state index in [9.17, 15) is 5.11 Å². The highest BCUT2D eigenvalue weighted by Gasteiger charge is 2.15. The Kier molecular flexibility index (Phi) is 3.85. The molecule has 19 heavy (non-hydrogen) atoms. The summed E-state index contributed by atoms with van der Waals surface area (Å²) in [4.78, 5) is 0. The molecule has 2 rings (SSSR count). The van der Waals surface area contributed by atoms with Gasteiger partial charge in [0.25, 0.3) is 0 Å². The predicted octanol–water partition coefficient (Wildman–Crippen LogP) is 3.86. The van der Waals surface area contributed by atoms with E-state index < -0.39 is 0 Å². The Hall–Kier alpha value is -1.49. The van der Waals surface area contributed by atoms with Crippen LogP contribution in [0.15, 0.2) is 16.6 Å². The quantitative estimate of drug-likeness (QED) is 0.932. The fraction of sp³-hybridized carbons (Fsp3) is 0.357. The first-order valence-electron chi connectivity index (χ1n) is 6.13. The number of aryl methyl sites for hydroxylation is 3. The summed E-state index contributed by atoms with van der Waals surface area (Å²) >= 11 is 3.29. The van der Waals surface area contributed by atoms with Gasteiger partial charge >= 0.3 is 0 Å². The summed E-state index contributed by atoms with van der Waals surface area (Å²) in [6, 6.07) is 3.45. The molecule has 5 heteroatoms. The molecule has 0 aliphatic carbocycles. The first-order chi connectivity index (χ1) is 8.93. The number of aromatic nitrogens is 2. The maximum atomic E-state index is 9.75. The summed E-state index contributed by atoms with van der Waals surface area (Å²) < 4.78 is 8.33. The Morgan fingerprint density at radius 1 is 1.37 bits per heavy atom. The van der Waals surface area contributed by atoms with Crippen molar-refractivity contribution in [2.75, 3.05) is 0 Å². The third-order valence-corrected chi connectivity index (χ3v) is 3.73. The van der Waals surface area contributed by atoms with Gasteiger partial charge in [-0.1, -0.05) is 6.92 Å². The number of aromatic hydroxyl groups is 1. The van der Waals surface area contributed by atoms with Gasteiger partial charge in [0.15, 0.2) is 0 Å². The minimum atomic E-state index is 0.164. The molecule has 0 aliphatic rings. The second-order valence-corrected chi connectivity index (χ2v) is 5.37. The molecule has 1 N–H and O–H groups in total. The number of phenolic OH excluding ortho intramolecular Hbond substituents is 1. The molecule has 2 aromatic rings. The van der Waals surface area contributed by atoms with Crippen LogP contribution in [0.2, 0.25) is 0 Å². The van der Waals surface area contributed by atoms with Gasteiger partial charge in [-0.25, -0.2) is 4.68 Å². The van der Waals surface area contributed by atoms with E-state index in [1.807, 2.05) is 27.0 Å². The molecule has 0 fully saturated rings. The second-order valence-electron chi connectivity index (χ2n) is 4.52. The number of ether oxygens (including phenoxy) is 1. The van der Waals surface area contributed by atoms with E-state index in [1.54, 1.807) is 10.7 Å². The van der Waals surface area contributed by atoms with Crippen LogP contribution in [0.25, 0.3) is 0 Å². The van der Waals surface area contributed by atoms with Gasteiger partial charge in [-0.3, -0.25) is 0 Å². The Morgan fingerprint density at radius 2 is 2.05 bits per heavy atom. The first-order valence-corrected chi connectivity index (χ1v) is 6.92. The van der Waals surface area contributed by atoms with Crippen LogP contribution in [0.5, 0.6) is 17.4 Å². The van der Waals surface area contributed by atoms with Crippen molar-refractivity contribution < 1.29 is 9.84 Å². The van der Waals surface area contributed by atoms with E-state index in [4.69, 9.17) is 4.74 Å². The minimum Gasteiger partial charge on any atom is -0.507 e. The fourth-order valence-electron chi connectivity index (χ4n) is 2.07. The van der Waals surface area contributed by atoms with E-state index in [0.29, 0.717) is 10.2 Å². The average molecular weight is 325 g/mol. The molecule has 0 aliphatic heterocycles. The molecule has 1 aromatic carbocycles. The van der Waals surface area contributed by atoms with Crippen LogP contribution in [-0.4, -0.2) is 14.9 Å². The monoisotopic (exact) mass is 324 g/mol. The lowest BCUT2D eigenvalue weighted by molar-refractivity contribution is 0.415. The summed E-state index contributed by atoms with van der Waals surface area (Å²) in [6.45, 7) is 5.98. The molecule has 0 radical (unpaired) electrons. The molecule has 0 amide bonds. The number of nitrogens with zero attached hydrogens (tertiary/aromatic N) is 2. The van der Waals surface area contributed by atoms with Crippen molar-refractivity contribution >= 4 is 15.9 Å². The van der Waals surface area contributed by atoms with Crippen LogP contribution in [0.1, 0.15) is 23.7 Å². The van der Waals surface area contributed by atoms with Crippen LogP contribution in [0.3, 0.4) is 0 Å². The Labute approximate surface area is 121 Å². The molecule has 0 atom stereocenters. The molecule has 0 spiro atoms. The Bertz CT molecular complexity index is 620. The number of benzene rings is 1. The second kappa shape index (κ2) is 5.25. The lowest BCUT2D eigenvalue weighted by Gasteiger charge is -2.11. The number of hydrogen-bond donors (Lipinski definition) is 1. The molecule has 1 heterocycles. The van der Waals surface area contributed by atoms with E-state index in [-0.39, 0.29) is 5.75 Å². The van der Waals surface area contributed by atoms with Gasteiger partial charge in [-0.05, 0) is 47.8 Å². The van der Waals surface area contributed by atoms with Gasteiger partial charge < -0.3 is 9.84 Å². The molecule has 0 saturated heterocycles. The van der Waals surface area contributed by atoms with Gasteiger partial charge in [0.1, 0.15) is 11.5 Å². The van der Waals surface area contributed by atoms with E-state index >= 15 is 0 Å². The minimum absolute atomic E-state index is 0.164. The van der Waals surface area contributed by atoms with Crippen LogP contribution >= 0.6 is 15.9 Å². The molecule has 102 valence electrons. The number of halogens is 1. The summed E-state index contributed by atoms with van der Waals surface area (Å²) in [5.74, 6) is 1.53. The molecule has 0 saturated carbocycles. The Balaban J connectivity index is 2.44. The van der Waals surface area contributed by atoms with Gasteiger partial charge in [0.05, 0.1) is 10.2 Å². The first kappa shape index (κ1) is 13.9. The topological polar surface area (TPSA) is 47.3 Å². The maximum Gasteiger partial charge on any atom is 0.221 e. The Morgan fingerprint density at radius 3 is 2.68 bits per heavy atom. The third kappa shape index (κ3) is 2.61.